The van der Waals surface area contributed by atoms with Gasteiger partial charge >= 0.3 is 5.97 Å². The Morgan fingerprint density at radius 1 is 1.44 bits per heavy atom. The van der Waals surface area contributed by atoms with Gasteiger partial charge in [0.15, 0.2) is 6.54 Å². The Balaban J connectivity index is 2.13. The molecule has 1 aromatic carbocycles. The molecule has 94 valence electrons. The number of hydrogen-bond donors (Lipinski definition) is 0. The lowest BCUT2D eigenvalue weighted by molar-refractivity contribution is -0.144. The van der Waals surface area contributed by atoms with Crippen molar-refractivity contribution in [1.82, 2.24) is 20.2 Å². The molecule has 0 saturated heterocycles. The molecule has 0 bridgehead atoms. The SMILES string of the molecule is CCOC(=O)Cn1nnc(-c2cccc(C)c2)n1. The second kappa shape index (κ2) is 5.39. The summed E-state index contributed by atoms with van der Waals surface area (Å²) in [5.74, 6) is 0.133. The largest absolute Gasteiger partial charge is 0.465 e. The average Bonchev–Trinajstić information content (AvgIpc) is 2.78. The number of ether oxygens (including phenoxy) is 1. The third-order valence-electron chi connectivity index (χ3n) is 2.30. The van der Waals surface area contributed by atoms with E-state index in [4.69, 9.17) is 4.74 Å². The maximum atomic E-state index is 11.3. The van der Waals surface area contributed by atoms with Gasteiger partial charge in [0, 0.05) is 5.56 Å². The fourth-order valence-electron chi connectivity index (χ4n) is 1.53. The number of rotatable bonds is 4. The Bertz CT molecular complexity index is 551. The Morgan fingerprint density at radius 2 is 2.28 bits per heavy atom. The van der Waals surface area contributed by atoms with Gasteiger partial charge in [0.1, 0.15) is 0 Å². The van der Waals surface area contributed by atoms with Crippen molar-refractivity contribution in [3.63, 3.8) is 0 Å². The monoisotopic (exact) mass is 246 g/mol. The Hall–Kier alpha value is -2.24. The highest BCUT2D eigenvalue weighted by molar-refractivity contribution is 5.68. The molecule has 0 N–H and O–H groups in total. The van der Waals surface area contributed by atoms with Crippen molar-refractivity contribution >= 4 is 5.97 Å². The quantitative estimate of drug-likeness (QED) is 0.758. The zero-order valence-electron chi connectivity index (χ0n) is 10.3. The Kier molecular flexibility index (Phi) is 3.66. The van der Waals surface area contributed by atoms with Gasteiger partial charge in [-0.1, -0.05) is 23.8 Å². The first-order valence-corrected chi connectivity index (χ1v) is 5.69. The highest BCUT2D eigenvalue weighted by Gasteiger charge is 2.09. The topological polar surface area (TPSA) is 69.9 Å². The molecule has 0 atom stereocenters. The number of tetrazole rings is 1. The molecule has 18 heavy (non-hydrogen) atoms. The Morgan fingerprint density at radius 3 is 3.00 bits per heavy atom. The van der Waals surface area contributed by atoms with Gasteiger partial charge in [0.05, 0.1) is 6.61 Å². The third kappa shape index (κ3) is 2.91. The normalized spacial score (nSPS) is 10.3. The number of carbonyl (C=O) groups excluding carboxylic acids is 1. The maximum Gasteiger partial charge on any atom is 0.329 e. The summed E-state index contributed by atoms with van der Waals surface area (Å²) in [6.45, 7) is 4.07. The number of benzene rings is 1. The van der Waals surface area contributed by atoms with Crippen LogP contribution in [-0.4, -0.2) is 32.8 Å². The van der Waals surface area contributed by atoms with Crippen LogP contribution in [0.3, 0.4) is 0 Å². The lowest BCUT2D eigenvalue weighted by atomic mass is 10.1. The number of aryl methyl sites for hydroxylation is 1. The molecule has 0 spiro atoms. The van der Waals surface area contributed by atoms with Crippen LogP contribution in [0.1, 0.15) is 12.5 Å². The molecule has 6 nitrogen and oxygen atoms in total. The van der Waals surface area contributed by atoms with Crippen molar-refractivity contribution in [3.8, 4) is 11.4 Å². The van der Waals surface area contributed by atoms with Gasteiger partial charge < -0.3 is 4.74 Å². The smallest absolute Gasteiger partial charge is 0.329 e. The van der Waals surface area contributed by atoms with E-state index < -0.39 is 0 Å². The summed E-state index contributed by atoms with van der Waals surface area (Å²) in [5.41, 5.74) is 2.00. The van der Waals surface area contributed by atoms with Gasteiger partial charge in [0.2, 0.25) is 5.82 Å². The van der Waals surface area contributed by atoms with Gasteiger partial charge in [-0.3, -0.25) is 0 Å². The van der Waals surface area contributed by atoms with E-state index in [0.717, 1.165) is 11.1 Å². The summed E-state index contributed by atoms with van der Waals surface area (Å²) in [6, 6.07) is 7.79. The summed E-state index contributed by atoms with van der Waals surface area (Å²) >= 11 is 0. The predicted octanol–water partition coefficient (Wildman–Crippen LogP) is 1.21. The maximum absolute atomic E-state index is 11.3. The van der Waals surface area contributed by atoms with Crippen molar-refractivity contribution in [2.75, 3.05) is 6.61 Å². The number of esters is 1. The molecule has 1 aromatic heterocycles. The minimum Gasteiger partial charge on any atom is -0.465 e. The van der Waals surface area contributed by atoms with Gasteiger partial charge in [-0.25, -0.2) is 4.79 Å². The molecule has 1 heterocycles. The lowest BCUT2D eigenvalue weighted by Crippen LogP contribution is -2.15. The van der Waals surface area contributed by atoms with Crippen molar-refractivity contribution < 1.29 is 9.53 Å². The number of nitrogens with zero attached hydrogens (tertiary/aromatic N) is 4. The van der Waals surface area contributed by atoms with Gasteiger partial charge in [-0.15, -0.1) is 10.2 Å². The van der Waals surface area contributed by atoms with E-state index in [9.17, 15) is 4.79 Å². The molecule has 0 radical (unpaired) electrons. The molecular formula is C12H14N4O2. The zero-order chi connectivity index (χ0) is 13.0. The second-order valence-corrected chi connectivity index (χ2v) is 3.82. The van der Waals surface area contributed by atoms with Crippen LogP contribution in [-0.2, 0) is 16.1 Å². The minimum atomic E-state index is -0.370. The minimum absolute atomic E-state index is 0.0212. The van der Waals surface area contributed by atoms with Crippen LogP contribution in [0.25, 0.3) is 11.4 Å². The summed E-state index contributed by atoms with van der Waals surface area (Å²) in [6.07, 6.45) is 0. The van der Waals surface area contributed by atoms with Crippen LogP contribution in [0.4, 0.5) is 0 Å². The first kappa shape index (κ1) is 12.2. The van der Waals surface area contributed by atoms with Crippen LogP contribution in [0, 0.1) is 6.92 Å². The van der Waals surface area contributed by atoms with Gasteiger partial charge in [-0.05, 0) is 25.1 Å². The first-order valence-electron chi connectivity index (χ1n) is 5.69. The molecule has 0 aliphatic heterocycles. The number of aromatic nitrogens is 4. The highest BCUT2D eigenvalue weighted by atomic mass is 16.5. The van der Waals surface area contributed by atoms with Crippen LogP contribution in [0.5, 0.6) is 0 Å². The molecular weight excluding hydrogens is 232 g/mol. The van der Waals surface area contributed by atoms with Crippen LogP contribution in [0.15, 0.2) is 24.3 Å². The molecule has 0 unspecified atom stereocenters. The van der Waals surface area contributed by atoms with E-state index in [1.54, 1.807) is 6.92 Å². The third-order valence-corrected chi connectivity index (χ3v) is 2.30. The molecule has 0 fully saturated rings. The van der Waals surface area contributed by atoms with E-state index in [1.807, 2.05) is 31.2 Å². The second-order valence-electron chi connectivity index (χ2n) is 3.82. The van der Waals surface area contributed by atoms with Gasteiger partial charge in [-0.2, -0.15) is 4.80 Å². The van der Waals surface area contributed by atoms with Gasteiger partial charge in [0.25, 0.3) is 0 Å². The summed E-state index contributed by atoms with van der Waals surface area (Å²) in [7, 11) is 0. The molecule has 6 heteroatoms. The van der Waals surface area contributed by atoms with Crippen molar-refractivity contribution in [1.29, 1.82) is 0 Å². The van der Waals surface area contributed by atoms with Crippen LogP contribution >= 0.6 is 0 Å². The standard InChI is InChI=1S/C12H14N4O2/c1-3-18-11(17)8-16-14-12(13-15-16)10-6-4-5-9(2)7-10/h4-7H,3,8H2,1-2H3. The number of carbonyl (C=O) groups is 1. The van der Waals surface area contributed by atoms with Crippen molar-refractivity contribution in [2.45, 2.75) is 20.4 Å². The van der Waals surface area contributed by atoms with E-state index >= 15 is 0 Å². The van der Waals surface area contributed by atoms with Crippen molar-refractivity contribution in [3.05, 3.63) is 29.8 Å². The van der Waals surface area contributed by atoms with E-state index in [-0.39, 0.29) is 12.5 Å². The highest BCUT2D eigenvalue weighted by Crippen LogP contribution is 2.14. The molecule has 0 amide bonds. The van der Waals surface area contributed by atoms with E-state index in [1.165, 1.54) is 4.80 Å². The molecule has 2 rings (SSSR count). The number of hydrogen-bond acceptors (Lipinski definition) is 5. The van der Waals surface area contributed by atoms with E-state index in [2.05, 4.69) is 15.4 Å². The predicted molar refractivity (Wildman–Crippen MR) is 64.6 cm³/mol. The summed E-state index contributed by atoms with van der Waals surface area (Å²) in [4.78, 5) is 12.5. The molecule has 2 aromatic rings. The average molecular weight is 246 g/mol. The van der Waals surface area contributed by atoms with Crippen LogP contribution < -0.4 is 0 Å². The fourth-order valence-corrected chi connectivity index (χ4v) is 1.53. The first-order chi connectivity index (χ1) is 8.69. The fraction of sp³-hybridized carbons (Fsp3) is 0.333. The summed E-state index contributed by atoms with van der Waals surface area (Å²) in [5, 5.41) is 11.9. The summed E-state index contributed by atoms with van der Waals surface area (Å²) < 4.78 is 4.81. The zero-order valence-corrected chi connectivity index (χ0v) is 10.3. The molecule has 0 aliphatic carbocycles. The Labute approximate surface area is 105 Å². The van der Waals surface area contributed by atoms with E-state index in [0.29, 0.717) is 12.4 Å². The molecule has 0 saturated carbocycles. The van der Waals surface area contributed by atoms with Crippen LogP contribution in [0.2, 0.25) is 0 Å². The lowest BCUT2D eigenvalue weighted by Gasteiger charge is -1.99. The molecule has 0 aliphatic rings. The van der Waals surface area contributed by atoms with Crippen molar-refractivity contribution in [2.24, 2.45) is 0 Å².